The van der Waals surface area contributed by atoms with Gasteiger partial charge in [0, 0.05) is 18.2 Å². The molecular formula is C22H23N5O3S. The van der Waals surface area contributed by atoms with Crippen LogP contribution in [0, 0.1) is 13.8 Å². The first-order valence-electron chi connectivity index (χ1n) is 9.63. The molecule has 8 nitrogen and oxygen atoms in total. The van der Waals surface area contributed by atoms with Gasteiger partial charge in [0.2, 0.25) is 11.8 Å². The molecule has 0 aliphatic heterocycles. The number of nitrogens with one attached hydrogen (secondary N) is 3. The van der Waals surface area contributed by atoms with Gasteiger partial charge >= 0.3 is 0 Å². The van der Waals surface area contributed by atoms with E-state index in [-0.39, 0.29) is 22.7 Å². The highest BCUT2D eigenvalue weighted by Gasteiger charge is 2.19. The number of hydrogen-bond donors (Lipinski definition) is 3. The number of aromatic nitrogens is 3. The maximum absolute atomic E-state index is 12.6. The number of thioether (sulfide) groups is 1. The lowest BCUT2D eigenvalue weighted by Gasteiger charge is -2.13. The second-order valence-electron chi connectivity index (χ2n) is 7.10. The Balaban J connectivity index is 1.75. The first kappa shape index (κ1) is 22.2. The van der Waals surface area contributed by atoms with E-state index in [0.29, 0.717) is 11.3 Å². The van der Waals surface area contributed by atoms with Crippen LogP contribution in [0.3, 0.4) is 0 Å². The van der Waals surface area contributed by atoms with Gasteiger partial charge in [0.25, 0.3) is 5.56 Å². The Morgan fingerprint density at radius 3 is 2.45 bits per heavy atom. The number of amides is 2. The summed E-state index contributed by atoms with van der Waals surface area (Å²) >= 11 is 1.10. The summed E-state index contributed by atoms with van der Waals surface area (Å²) in [7, 11) is 0. The van der Waals surface area contributed by atoms with Crippen molar-refractivity contribution in [1.29, 1.82) is 0 Å². The molecule has 0 unspecified atom stereocenters. The average Bonchev–Trinajstić information content (AvgIpc) is 2.70. The summed E-state index contributed by atoms with van der Waals surface area (Å²) < 4.78 is 0. The number of carbonyl (C=O) groups is 2. The molecule has 2 amide bonds. The van der Waals surface area contributed by atoms with Crippen molar-refractivity contribution in [1.82, 2.24) is 15.2 Å². The van der Waals surface area contributed by atoms with Gasteiger partial charge in [0.1, 0.15) is 0 Å². The molecule has 1 aromatic heterocycles. The number of anilines is 2. The van der Waals surface area contributed by atoms with E-state index < -0.39 is 10.8 Å². The van der Waals surface area contributed by atoms with Gasteiger partial charge in [-0.25, -0.2) is 0 Å². The molecule has 0 saturated heterocycles. The van der Waals surface area contributed by atoms with Gasteiger partial charge in [0.05, 0.1) is 10.9 Å². The van der Waals surface area contributed by atoms with Gasteiger partial charge in [-0.05, 0) is 38.5 Å². The van der Waals surface area contributed by atoms with Gasteiger partial charge < -0.3 is 10.6 Å². The Labute approximate surface area is 183 Å². The summed E-state index contributed by atoms with van der Waals surface area (Å²) in [6.45, 7) is 7.03. The van der Waals surface area contributed by atoms with E-state index in [4.69, 9.17) is 0 Å². The minimum absolute atomic E-state index is 0.0843. The third-order valence-corrected chi connectivity index (χ3v) is 5.44. The van der Waals surface area contributed by atoms with Crippen LogP contribution in [0.4, 0.5) is 11.4 Å². The molecule has 0 aliphatic carbocycles. The van der Waals surface area contributed by atoms with E-state index >= 15 is 0 Å². The molecule has 3 aromatic rings. The fourth-order valence-electron chi connectivity index (χ4n) is 2.95. The summed E-state index contributed by atoms with van der Waals surface area (Å²) in [6.07, 6.45) is 0. The molecule has 31 heavy (non-hydrogen) atoms. The van der Waals surface area contributed by atoms with Gasteiger partial charge in [-0.2, -0.15) is 0 Å². The minimum atomic E-state index is -0.511. The predicted octanol–water partition coefficient (Wildman–Crippen LogP) is 3.53. The van der Waals surface area contributed by atoms with Crippen LogP contribution in [0.1, 0.15) is 25.0 Å². The zero-order chi connectivity index (χ0) is 22.5. The van der Waals surface area contributed by atoms with Gasteiger partial charge in [-0.3, -0.25) is 19.4 Å². The molecule has 0 spiro atoms. The smallest absolute Gasteiger partial charge is 0.278 e. The molecule has 1 atom stereocenters. The van der Waals surface area contributed by atoms with Gasteiger partial charge in [-0.1, -0.05) is 47.7 Å². The minimum Gasteiger partial charge on any atom is -0.326 e. The molecule has 0 aliphatic rings. The molecule has 0 fully saturated rings. The number of aromatic amines is 1. The lowest BCUT2D eigenvalue weighted by atomic mass is 10.1. The topological polar surface area (TPSA) is 117 Å². The standard InChI is InChI=1S/C22H23N5O3S/c1-12-9-10-17(13(2)11-12)24-20(29)14(3)31-22-25-21(30)19(26-27-22)16-7-5-6-8-18(16)23-15(4)28/h5-11,14H,1-4H3,(H,23,28)(H,24,29)(H,25,27,30)/t14-/m1/s1. The monoisotopic (exact) mass is 437 g/mol. The largest absolute Gasteiger partial charge is 0.326 e. The summed E-state index contributed by atoms with van der Waals surface area (Å²) in [5.74, 6) is -0.465. The number of rotatable bonds is 6. The Morgan fingerprint density at radius 1 is 1.03 bits per heavy atom. The average molecular weight is 438 g/mol. The van der Waals surface area contributed by atoms with Crippen molar-refractivity contribution in [3.63, 3.8) is 0 Å². The van der Waals surface area contributed by atoms with E-state index in [0.717, 1.165) is 28.6 Å². The fourth-order valence-corrected chi connectivity index (χ4v) is 3.69. The predicted molar refractivity (Wildman–Crippen MR) is 122 cm³/mol. The first-order chi connectivity index (χ1) is 14.7. The number of para-hydroxylation sites is 1. The van der Waals surface area contributed by atoms with Gasteiger partial charge in [-0.15, -0.1) is 10.2 Å². The number of H-pyrrole nitrogens is 1. The first-order valence-corrected chi connectivity index (χ1v) is 10.5. The van der Waals surface area contributed by atoms with Crippen molar-refractivity contribution in [2.75, 3.05) is 10.6 Å². The fraction of sp³-hybridized carbons (Fsp3) is 0.227. The molecule has 2 aromatic carbocycles. The summed E-state index contributed by atoms with van der Waals surface area (Å²) in [5.41, 5.74) is 3.39. The number of aryl methyl sites for hydroxylation is 2. The highest BCUT2D eigenvalue weighted by molar-refractivity contribution is 8.00. The number of benzene rings is 2. The van der Waals surface area contributed by atoms with Crippen molar-refractivity contribution in [3.05, 3.63) is 63.9 Å². The SMILES string of the molecule is CC(=O)Nc1ccccc1-c1nnc(S[C@H](C)C(=O)Nc2ccc(C)cc2C)[nH]c1=O. The molecule has 3 N–H and O–H groups in total. The van der Waals surface area contributed by atoms with Crippen LogP contribution in [-0.4, -0.2) is 32.2 Å². The highest BCUT2D eigenvalue weighted by Crippen LogP contribution is 2.25. The van der Waals surface area contributed by atoms with E-state index in [1.165, 1.54) is 6.92 Å². The Morgan fingerprint density at radius 2 is 1.77 bits per heavy atom. The van der Waals surface area contributed by atoms with Crippen molar-refractivity contribution >= 4 is 35.0 Å². The quantitative estimate of drug-likeness (QED) is 0.508. The van der Waals surface area contributed by atoms with Crippen molar-refractivity contribution in [3.8, 4) is 11.3 Å². The zero-order valence-corrected chi connectivity index (χ0v) is 18.5. The number of nitrogens with zero attached hydrogens (tertiary/aromatic N) is 2. The maximum Gasteiger partial charge on any atom is 0.278 e. The van der Waals surface area contributed by atoms with Crippen LogP contribution >= 0.6 is 11.8 Å². The highest BCUT2D eigenvalue weighted by atomic mass is 32.2. The van der Waals surface area contributed by atoms with Crippen molar-refractivity contribution < 1.29 is 9.59 Å². The molecule has 0 bridgehead atoms. The number of hydrogen-bond acceptors (Lipinski definition) is 6. The number of carbonyl (C=O) groups excluding carboxylic acids is 2. The van der Waals surface area contributed by atoms with E-state index in [1.807, 2.05) is 32.0 Å². The second kappa shape index (κ2) is 9.57. The zero-order valence-electron chi connectivity index (χ0n) is 17.6. The summed E-state index contributed by atoms with van der Waals surface area (Å²) in [6, 6.07) is 12.6. The van der Waals surface area contributed by atoms with Crippen LogP contribution in [0.2, 0.25) is 0 Å². The Bertz CT molecular complexity index is 1190. The Hall–Kier alpha value is -3.46. The lowest BCUT2D eigenvalue weighted by molar-refractivity contribution is -0.115. The van der Waals surface area contributed by atoms with E-state index in [1.54, 1.807) is 31.2 Å². The second-order valence-corrected chi connectivity index (χ2v) is 8.43. The molecule has 3 rings (SSSR count). The van der Waals surface area contributed by atoms with Crippen molar-refractivity contribution in [2.45, 2.75) is 38.1 Å². The maximum atomic E-state index is 12.6. The van der Waals surface area contributed by atoms with Crippen LogP contribution < -0.4 is 16.2 Å². The van der Waals surface area contributed by atoms with Crippen molar-refractivity contribution in [2.24, 2.45) is 0 Å². The van der Waals surface area contributed by atoms with Gasteiger partial charge in [0.15, 0.2) is 10.9 Å². The van der Waals surface area contributed by atoms with Crippen LogP contribution in [0.5, 0.6) is 0 Å². The third-order valence-electron chi connectivity index (χ3n) is 4.47. The molecular weight excluding hydrogens is 414 g/mol. The van der Waals surface area contributed by atoms with Crippen LogP contribution in [0.25, 0.3) is 11.3 Å². The molecule has 0 saturated carbocycles. The molecule has 0 radical (unpaired) electrons. The van der Waals surface area contributed by atoms with Crippen LogP contribution in [0.15, 0.2) is 52.4 Å². The van der Waals surface area contributed by atoms with E-state index in [2.05, 4.69) is 25.8 Å². The Kier molecular flexibility index (Phi) is 6.86. The summed E-state index contributed by atoms with van der Waals surface area (Å²) in [5, 5.41) is 13.4. The third kappa shape index (κ3) is 5.58. The molecule has 160 valence electrons. The molecule has 9 heteroatoms. The van der Waals surface area contributed by atoms with Crippen LogP contribution in [-0.2, 0) is 9.59 Å². The summed E-state index contributed by atoms with van der Waals surface area (Å²) in [4.78, 5) is 39.3. The lowest BCUT2D eigenvalue weighted by Crippen LogP contribution is -2.24. The van der Waals surface area contributed by atoms with E-state index in [9.17, 15) is 14.4 Å². The molecule has 1 heterocycles. The normalized spacial score (nSPS) is 11.6.